The summed E-state index contributed by atoms with van der Waals surface area (Å²) >= 11 is 0. The summed E-state index contributed by atoms with van der Waals surface area (Å²) < 4.78 is 15.5. The summed E-state index contributed by atoms with van der Waals surface area (Å²) in [5.74, 6) is -0.502. The molecular weight excluding hydrogens is 277 g/mol. The van der Waals surface area contributed by atoms with Crippen LogP contribution in [0.3, 0.4) is 0 Å². The van der Waals surface area contributed by atoms with Crippen LogP contribution in [0.25, 0.3) is 5.69 Å². The van der Waals surface area contributed by atoms with Crippen LogP contribution in [-0.2, 0) is 13.2 Å². The standard InChI is InChI=1S/C14H16FN3O3/c1-9-11(8-19)7-18(16-9)13-10(4-3-5-12(13)15)6-17(2)14(20)21/h3-5,7,19H,6,8H2,1-2H3,(H,20,21). The van der Waals surface area contributed by atoms with Crippen molar-refractivity contribution >= 4 is 6.09 Å². The first-order valence-electron chi connectivity index (χ1n) is 6.32. The van der Waals surface area contributed by atoms with Gasteiger partial charge in [-0.3, -0.25) is 0 Å². The van der Waals surface area contributed by atoms with E-state index in [2.05, 4.69) is 5.10 Å². The predicted molar refractivity (Wildman–Crippen MR) is 73.7 cm³/mol. The van der Waals surface area contributed by atoms with Gasteiger partial charge in [0.05, 0.1) is 18.8 Å². The molecule has 1 aromatic heterocycles. The van der Waals surface area contributed by atoms with Crippen LogP contribution in [0.5, 0.6) is 0 Å². The molecule has 0 aliphatic heterocycles. The molecule has 2 rings (SSSR count). The Labute approximate surface area is 121 Å². The number of nitrogens with zero attached hydrogens (tertiary/aromatic N) is 3. The van der Waals surface area contributed by atoms with Gasteiger partial charge in [-0.15, -0.1) is 0 Å². The monoisotopic (exact) mass is 293 g/mol. The zero-order valence-corrected chi connectivity index (χ0v) is 11.7. The summed E-state index contributed by atoms with van der Waals surface area (Å²) in [5, 5.41) is 22.3. The average molecular weight is 293 g/mol. The highest BCUT2D eigenvalue weighted by Gasteiger charge is 2.16. The lowest BCUT2D eigenvalue weighted by Crippen LogP contribution is -2.25. The van der Waals surface area contributed by atoms with Crippen LogP contribution in [-0.4, -0.2) is 38.0 Å². The zero-order chi connectivity index (χ0) is 15.6. The Bertz CT molecular complexity index is 669. The maximum Gasteiger partial charge on any atom is 0.407 e. The van der Waals surface area contributed by atoms with Crippen LogP contribution >= 0.6 is 0 Å². The Morgan fingerprint density at radius 3 is 2.71 bits per heavy atom. The van der Waals surface area contributed by atoms with E-state index in [1.54, 1.807) is 13.0 Å². The van der Waals surface area contributed by atoms with E-state index in [0.29, 0.717) is 16.8 Å². The number of rotatable bonds is 4. The van der Waals surface area contributed by atoms with Crippen molar-refractivity contribution in [2.75, 3.05) is 7.05 Å². The number of hydrogen-bond acceptors (Lipinski definition) is 3. The van der Waals surface area contributed by atoms with Crippen LogP contribution in [0.2, 0.25) is 0 Å². The van der Waals surface area contributed by atoms with Gasteiger partial charge in [-0.05, 0) is 13.0 Å². The van der Waals surface area contributed by atoms with Gasteiger partial charge in [-0.25, -0.2) is 13.9 Å². The minimum atomic E-state index is -1.10. The maximum atomic E-state index is 14.1. The Kier molecular flexibility index (Phi) is 4.23. The predicted octanol–water partition coefficient (Wildman–Crippen LogP) is 1.92. The van der Waals surface area contributed by atoms with Crippen LogP contribution in [0, 0.1) is 12.7 Å². The Balaban J connectivity index is 2.48. The molecule has 2 N–H and O–H groups in total. The topological polar surface area (TPSA) is 78.6 Å². The van der Waals surface area contributed by atoms with Gasteiger partial charge in [0.15, 0.2) is 0 Å². The first-order chi connectivity index (χ1) is 9.93. The number of para-hydroxylation sites is 1. The van der Waals surface area contributed by atoms with Crippen molar-refractivity contribution in [2.45, 2.75) is 20.1 Å². The largest absolute Gasteiger partial charge is 0.465 e. The van der Waals surface area contributed by atoms with Crippen molar-refractivity contribution in [1.29, 1.82) is 0 Å². The molecule has 0 aliphatic carbocycles. The Morgan fingerprint density at radius 1 is 1.43 bits per heavy atom. The van der Waals surface area contributed by atoms with Crippen LogP contribution in [0.1, 0.15) is 16.8 Å². The number of hydrogen-bond donors (Lipinski definition) is 2. The normalized spacial score (nSPS) is 10.7. The van der Waals surface area contributed by atoms with E-state index in [0.717, 1.165) is 4.90 Å². The van der Waals surface area contributed by atoms with E-state index in [-0.39, 0.29) is 18.8 Å². The second kappa shape index (κ2) is 5.92. The van der Waals surface area contributed by atoms with E-state index in [1.807, 2.05) is 0 Å². The number of carbonyl (C=O) groups is 1. The average Bonchev–Trinajstić information content (AvgIpc) is 2.79. The summed E-state index contributed by atoms with van der Waals surface area (Å²) in [5.41, 5.74) is 1.87. The molecule has 2 aromatic rings. The molecule has 0 saturated carbocycles. The molecule has 0 aliphatic rings. The smallest absolute Gasteiger partial charge is 0.407 e. The quantitative estimate of drug-likeness (QED) is 0.902. The zero-order valence-electron chi connectivity index (χ0n) is 11.7. The third kappa shape index (κ3) is 3.03. The molecule has 0 spiro atoms. The highest BCUT2D eigenvalue weighted by atomic mass is 19.1. The highest BCUT2D eigenvalue weighted by Crippen LogP contribution is 2.21. The Morgan fingerprint density at radius 2 is 2.14 bits per heavy atom. The third-order valence-corrected chi connectivity index (χ3v) is 3.20. The molecule has 0 atom stereocenters. The first-order valence-corrected chi connectivity index (χ1v) is 6.32. The summed E-state index contributed by atoms with van der Waals surface area (Å²) in [6.07, 6.45) is 0.441. The molecule has 112 valence electrons. The van der Waals surface area contributed by atoms with Crippen molar-refractivity contribution < 1.29 is 19.4 Å². The first kappa shape index (κ1) is 15.0. The maximum absolute atomic E-state index is 14.1. The minimum absolute atomic E-state index is 0.0375. The SMILES string of the molecule is Cc1nn(-c2c(F)cccc2CN(C)C(=O)O)cc1CO. The van der Waals surface area contributed by atoms with Gasteiger partial charge in [0.2, 0.25) is 0 Å². The third-order valence-electron chi connectivity index (χ3n) is 3.20. The number of aromatic nitrogens is 2. The van der Waals surface area contributed by atoms with Crippen LogP contribution in [0.4, 0.5) is 9.18 Å². The number of benzene rings is 1. The summed E-state index contributed by atoms with van der Waals surface area (Å²) in [4.78, 5) is 12.0. The van der Waals surface area contributed by atoms with Crippen molar-refractivity contribution in [2.24, 2.45) is 0 Å². The lowest BCUT2D eigenvalue weighted by molar-refractivity contribution is 0.153. The number of aliphatic hydroxyl groups is 1. The molecule has 1 heterocycles. The van der Waals surface area contributed by atoms with Crippen molar-refractivity contribution in [3.63, 3.8) is 0 Å². The van der Waals surface area contributed by atoms with Crippen molar-refractivity contribution in [3.8, 4) is 5.69 Å². The van der Waals surface area contributed by atoms with Gasteiger partial charge < -0.3 is 15.1 Å². The lowest BCUT2D eigenvalue weighted by Gasteiger charge is -2.16. The molecule has 0 radical (unpaired) electrons. The fourth-order valence-corrected chi connectivity index (χ4v) is 2.03. The molecule has 0 fully saturated rings. The van der Waals surface area contributed by atoms with E-state index in [4.69, 9.17) is 5.11 Å². The number of aliphatic hydroxyl groups excluding tert-OH is 1. The minimum Gasteiger partial charge on any atom is -0.465 e. The second-order valence-corrected chi connectivity index (χ2v) is 4.73. The fraction of sp³-hybridized carbons (Fsp3) is 0.286. The summed E-state index contributed by atoms with van der Waals surface area (Å²) in [6.45, 7) is 1.56. The number of aryl methyl sites for hydroxylation is 1. The van der Waals surface area contributed by atoms with Crippen molar-refractivity contribution in [3.05, 3.63) is 47.0 Å². The molecular formula is C14H16FN3O3. The van der Waals surface area contributed by atoms with E-state index >= 15 is 0 Å². The van der Waals surface area contributed by atoms with Crippen molar-refractivity contribution in [1.82, 2.24) is 14.7 Å². The Hall–Kier alpha value is -2.41. The van der Waals surface area contributed by atoms with E-state index in [1.165, 1.54) is 30.1 Å². The lowest BCUT2D eigenvalue weighted by atomic mass is 10.1. The summed E-state index contributed by atoms with van der Waals surface area (Å²) in [6, 6.07) is 4.45. The molecule has 0 unspecified atom stereocenters. The fourth-order valence-electron chi connectivity index (χ4n) is 2.03. The van der Waals surface area contributed by atoms with Gasteiger partial charge >= 0.3 is 6.09 Å². The van der Waals surface area contributed by atoms with E-state index < -0.39 is 11.9 Å². The van der Waals surface area contributed by atoms with E-state index in [9.17, 15) is 14.3 Å². The second-order valence-electron chi connectivity index (χ2n) is 4.73. The molecule has 21 heavy (non-hydrogen) atoms. The van der Waals surface area contributed by atoms with Gasteiger partial charge in [-0.2, -0.15) is 5.10 Å². The van der Waals surface area contributed by atoms with Gasteiger partial charge in [0.25, 0.3) is 0 Å². The van der Waals surface area contributed by atoms with Gasteiger partial charge in [0, 0.05) is 24.4 Å². The molecule has 1 aromatic carbocycles. The van der Waals surface area contributed by atoms with Gasteiger partial charge in [-0.1, -0.05) is 12.1 Å². The number of carboxylic acid groups (broad SMARTS) is 1. The summed E-state index contributed by atoms with van der Waals surface area (Å²) in [7, 11) is 1.41. The number of amides is 1. The molecule has 6 nitrogen and oxygen atoms in total. The van der Waals surface area contributed by atoms with Crippen LogP contribution < -0.4 is 0 Å². The molecule has 7 heteroatoms. The number of halogens is 1. The molecule has 0 bridgehead atoms. The molecule has 0 saturated heterocycles. The molecule has 1 amide bonds. The highest BCUT2D eigenvalue weighted by molar-refractivity contribution is 5.64. The van der Waals surface area contributed by atoms with Crippen LogP contribution in [0.15, 0.2) is 24.4 Å². The van der Waals surface area contributed by atoms with Gasteiger partial charge in [0.1, 0.15) is 11.5 Å².